The molecule has 2 aromatic carbocycles. The van der Waals surface area contributed by atoms with E-state index in [0.29, 0.717) is 6.54 Å². The molecule has 2 aromatic heterocycles. The SMILES string of the molecule is CC(C)(C)[Si](C)(C)Oc1cccc(Nc2ncnc3cc(-c4ccc(CNCCO)cc4)sc23)c1. The van der Waals surface area contributed by atoms with Crippen molar-refractivity contribution >= 4 is 41.4 Å². The van der Waals surface area contributed by atoms with E-state index in [1.807, 2.05) is 24.3 Å². The monoisotopic (exact) mass is 506 g/mol. The molecule has 4 aromatic rings. The molecule has 35 heavy (non-hydrogen) atoms. The highest BCUT2D eigenvalue weighted by Crippen LogP contribution is 2.39. The normalized spacial score (nSPS) is 12.2. The number of hydrogen-bond acceptors (Lipinski definition) is 7. The molecule has 0 aliphatic carbocycles. The third kappa shape index (κ3) is 6.08. The molecule has 0 radical (unpaired) electrons. The van der Waals surface area contributed by atoms with Crippen LogP contribution in [0.3, 0.4) is 0 Å². The predicted octanol–water partition coefficient (Wildman–Crippen LogP) is 6.57. The zero-order valence-corrected chi connectivity index (χ0v) is 22.9. The highest BCUT2D eigenvalue weighted by molar-refractivity contribution is 7.22. The summed E-state index contributed by atoms with van der Waals surface area (Å²) in [6.07, 6.45) is 1.60. The quantitative estimate of drug-likeness (QED) is 0.176. The van der Waals surface area contributed by atoms with E-state index in [0.717, 1.165) is 44.5 Å². The molecule has 8 heteroatoms. The molecular weight excluding hydrogens is 472 g/mol. The number of nitrogens with one attached hydrogen (secondary N) is 2. The Morgan fingerprint density at radius 3 is 2.51 bits per heavy atom. The lowest BCUT2D eigenvalue weighted by atomic mass is 10.1. The first kappa shape index (κ1) is 25.3. The molecule has 0 atom stereocenters. The molecule has 184 valence electrons. The number of benzene rings is 2. The lowest BCUT2D eigenvalue weighted by molar-refractivity contribution is 0.292. The van der Waals surface area contributed by atoms with Crippen molar-refractivity contribution < 1.29 is 9.53 Å². The summed E-state index contributed by atoms with van der Waals surface area (Å²) in [6.45, 7) is 12.7. The van der Waals surface area contributed by atoms with Gasteiger partial charge in [-0.05, 0) is 47.5 Å². The van der Waals surface area contributed by atoms with Crippen LogP contribution in [0.25, 0.3) is 20.7 Å². The van der Waals surface area contributed by atoms with Crippen molar-refractivity contribution in [3.63, 3.8) is 0 Å². The van der Waals surface area contributed by atoms with E-state index in [9.17, 15) is 0 Å². The molecule has 0 aliphatic rings. The second-order valence-electron chi connectivity index (χ2n) is 10.2. The molecule has 0 bridgehead atoms. The molecule has 0 saturated carbocycles. The molecule has 0 aliphatic heterocycles. The van der Waals surface area contributed by atoms with E-state index in [-0.39, 0.29) is 11.6 Å². The Bertz CT molecular complexity index is 1280. The third-order valence-corrected chi connectivity index (χ3v) is 12.0. The Kier molecular flexibility index (Phi) is 7.56. The van der Waals surface area contributed by atoms with E-state index in [4.69, 9.17) is 9.53 Å². The minimum Gasteiger partial charge on any atom is -0.543 e. The van der Waals surface area contributed by atoms with Crippen molar-refractivity contribution in [2.45, 2.75) is 45.4 Å². The fourth-order valence-corrected chi connectivity index (χ4v) is 5.49. The molecule has 0 saturated heterocycles. The van der Waals surface area contributed by atoms with Gasteiger partial charge in [0.1, 0.15) is 12.1 Å². The molecule has 4 rings (SSSR count). The fourth-order valence-electron chi connectivity index (χ4n) is 3.41. The van der Waals surface area contributed by atoms with E-state index < -0.39 is 8.32 Å². The third-order valence-electron chi connectivity index (χ3n) is 6.44. The van der Waals surface area contributed by atoms with E-state index in [1.165, 1.54) is 5.56 Å². The van der Waals surface area contributed by atoms with Gasteiger partial charge in [-0.3, -0.25) is 0 Å². The Hall–Kier alpha value is -2.78. The van der Waals surface area contributed by atoms with E-state index in [1.54, 1.807) is 17.7 Å². The van der Waals surface area contributed by atoms with Gasteiger partial charge in [0.25, 0.3) is 0 Å². The number of nitrogens with zero attached hydrogens (tertiary/aromatic N) is 2. The largest absolute Gasteiger partial charge is 0.543 e. The van der Waals surface area contributed by atoms with Crippen LogP contribution in [0.2, 0.25) is 18.1 Å². The first-order valence-electron chi connectivity index (χ1n) is 11.9. The molecule has 0 unspecified atom stereocenters. The number of hydrogen-bond donors (Lipinski definition) is 3. The van der Waals surface area contributed by atoms with E-state index >= 15 is 0 Å². The summed E-state index contributed by atoms with van der Waals surface area (Å²) in [5.74, 6) is 1.67. The van der Waals surface area contributed by atoms with Crippen molar-refractivity contribution in [2.24, 2.45) is 0 Å². The minimum atomic E-state index is -1.92. The number of thiophene rings is 1. The number of rotatable bonds is 9. The van der Waals surface area contributed by atoms with Gasteiger partial charge in [-0.25, -0.2) is 9.97 Å². The molecule has 3 N–H and O–H groups in total. The number of fused-ring (bicyclic) bond motifs is 1. The summed E-state index contributed by atoms with van der Waals surface area (Å²) in [5.41, 5.74) is 4.20. The van der Waals surface area contributed by atoms with Gasteiger partial charge in [-0.15, -0.1) is 11.3 Å². The van der Waals surface area contributed by atoms with Crippen LogP contribution in [-0.4, -0.2) is 36.5 Å². The number of aliphatic hydroxyl groups is 1. The maximum atomic E-state index is 8.93. The zero-order valence-electron chi connectivity index (χ0n) is 21.1. The van der Waals surface area contributed by atoms with Crippen LogP contribution in [-0.2, 0) is 6.54 Å². The summed E-state index contributed by atoms with van der Waals surface area (Å²) in [6, 6.07) is 18.7. The smallest absolute Gasteiger partial charge is 0.250 e. The average molecular weight is 507 g/mol. The van der Waals surface area contributed by atoms with Crippen LogP contribution < -0.4 is 15.1 Å². The predicted molar refractivity (Wildman–Crippen MR) is 149 cm³/mol. The zero-order chi connectivity index (χ0) is 25.1. The summed E-state index contributed by atoms with van der Waals surface area (Å²) in [5, 5.41) is 15.7. The topological polar surface area (TPSA) is 79.3 Å². The van der Waals surface area contributed by atoms with Crippen LogP contribution in [0.15, 0.2) is 60.9 Å². The fraction of sp³-hybridized carbons (Fsp3) is 0.333. The summed E-state index contributed by atoms with van der Waals surface area (Å²) >= 11 is 1.68. The average Bonchev–Trinajstić information content (AvgIpc) is 3.24. The van der Waals surface area contributed by atoms with Crippen LogP contribution in [0.5, 0.6) is 5.75 Å². The van der Waals surface area contributed by atoms with Gasteiger partial charge in [0.05, 0.1) is 16.8 Å². The molecular formula is C27H34N4O2SSi. The van der Waals surface area contributed by atoms with Crippen molar-refractivity contribution in [2.75, 3.05) is 18.5 Å². The van der Waals surface area contributed by atoms with Gasteiger partial charge in [-0.2, -0.15) is 0 Å². The van der Waals surface area contributed by atoms with Gasteiger partial charge in [0, 0.05) is 29.7 Å². The number of aromatic nitrogens is 2. The Balaban J connectivity index is 1.55. The van der Waals surface area contributed by atoms with Crippen molar-refractivity contribution in [3.8, 4) is 16.2 Å². The minimum absolute atomic E-state index is 0.136. The summed E-state index contributed by atoms with van der Waals surface area (Å²) in [7, 11) is -1.92. The number of anilines is 2. The second-order valence-corrected chi connectivity index (χ2v) is 15.9. The number of aliphatic hydroxyl groups excluding tert-OH is 1. The van der Waals surface area contributed by atoms with Gasteiger partial charge in [-0.1, -0.05) is 51.1 Å². The van der Waals surface area contributed by atoms with Crippen molar-refractivity contribution in [1.29, 1.82) is 0 Å². The standard InChI is InChI=1S/C27H34N4O2SSi/c1-27(2,3)35(4,5)33-22-8-6-7-21(15-22)31-26-25-23(29-18-30-26)16-24(34-25)20-11-9-19(10-12-20)17-28-13-14-32/h6-12,15-16,18,28,32H,13-14,17H2,1-5H3,(H,29,30,31). The molecule has 0 fully saturated rings. The van der Waals surface area contributed by atoms with Crippen molar-refractivity contribution in [3.05, 3.63) is 66.5 Å². The molecule has 6 nitrogen and oxygen atoms in total. The van der Waals surface area contributed by atoms with Gasteiger partial charge in [0.2, 0.25) is 8.32 Å². The van der Waals surface area contributed by atoms with E-state index in [2.05, 4.69) is 84.8 Å². The van der Waals surface area contributed by atoms with Crippen LogP contribution in [0.4, 0.5) is 11.5 Å². The second kappa shape index (κ2) is 10.5. The van der Waals surface area contributed by atoms with Crippen LogP contribution >= 0.6 is 11.3 Å². The molecule has 0 spiro atoms. The maximum absolute atomic E-state index is 8.93. The Morgan fingerprint density at radius 1 is 1.03 bits per heavy atom. The molecule has 0 amide bonds. The Morgan fingerprint density at radius 2 is 1.80 bits per heavy atom. The maximum Gasteiger partial charge on any atom is 0.250 e. The lowest BCUT2D eigenvalue weighted by Gasteiger charge is -2.36. The summed E-state index contributed by atoms with van der Waals surface area (Å²) < 4.78 is 7.51. The summed E-state index contributed by atoms with van der Waals surface area (Å²) in [4.78, 5) is 10.2. The van der Waals surface area contributed by atoms with Crippen molar-refractivity contribution in [1.82, 2.24) is 15.3 Å². The highest BCUT2D eigenvalue weighted by Gasteiger charge is 2.39. The molecule has 2 heterocycles. The first-order chi connectivity index (χ1) is 16.7. The van der Waals surface area contributed by atoms with Crippen LogP contribution in [0, 0.1) is 0 Å². The van der Waals surface area contributed by atoms with Gasteiger partial charge in [0.15, 0.2) is 5.82 Å². The highest BCUT2D eigenvalue weighted by atomic mass is 32.1. The van der Waals surface area contributed by atoms with Gasteiger partial charge >= 0.3 is 0 Å². The first-order valence-corrected chi connectivity index (χ1v) is 15.6. The van der Waals surface area contributed by atoms with Crippen LogP contribution in [0.1, 0.15) is 26.3 Å². The lowest BCUT2D eigenvalue weighted by Crippen LogP contribution is -2.43. The Labute approximate surface area is 212 Å². The van der Waals surface area contributed by atoms with Gasteiger partial charge < -0.3 is 20.2 Å².